The lowest BCUT2D eigenvalue weighted by Gasteiger charge is -2.07. The number of hydrogen-bond acceptors (Lipinski definition) is 0. The Bertz CT molecular complexity index is 1140. The Morgan fingerprint density at radius 3 is 2.33 bits per heavy atom. The number of fused-ring (bicyclic) bond motifs is 5. The molecule has 0 aliphatic heterocycles. The highest BCUT2D eigenvalue weighted by atomic mass is 15.0. The zero-order valence-corrected chi connectivity index (χ0v) is 13.9. The van der Waals surface area contributed by atoms with Crippen LogP contribution >= 0.6 is 0 Å². The molecular formula is C22H20N2. The van der Waals surface area contributed by atoms with E-state index in [0.717, 1.165) is 17.8 Å². The molecule has 0 atom stereocenters. The molecule has 0 saturated carbocycles. The molecule has 0 saturated heterocycles. The molecule has 24 heavy (non-hydrogen) atoms. The summed E-state index contributed by atoms with van der Waals surface area (Å²) in [6.07, 6.45) is 5.78. The first kappa shape index (κ1) is 14.6. The molecule has 0 N–H and O–H groups in total. The van der Waals surface area contributed by atoms with Gasteiger partial charge in [0.05, 0.1) is 11.0 Å². The van der Waals surface area contributed by atoms with Gasteiger partial charge in [0, 0.05) is 46.5 Å². The molecule has 118 valence electrons. The van der Waals surface area contributed by atoms with Crippen LogP contribution in [0.3, 0.4) is 0 Å². The molecule has 4 rings (SSSR count). The highest BCUT2D eigenvalue weighted by Crippen LogP contribution is 2.37. The third-order valence-electron chi connectivity index (χ3n) is 4.88. The third kappa shape index (κ3) is 1.71. The Morgan fingerprint density at radius 2 is 1.62 bits per heavy atom. The topological polar surface area (TPSA) is 9.86 Å². The molecule has 0 bridgehead atoms. The number of nitrogens with zero attached hydrogens (tertiary/aromatic N) is 2. The molecular weight excluding hydrogens is 292 g/mol. The van der Waals surface area contributed by atoms with Gasteiger partial charge in [-0.25, -0.2) is 0 Å². The summed E-state index contributed by atoms with van der Waals surface area (Å²) < 4.78 is 4.57. The first-order valence-corrected chi connectivity index (χ1v) is 8.11. The van der Waals surface area contributed by atoms with Crippen LogP contribution in [0.5, 0.6) is 0 Å². The maximum atomic E-state index is 4.00. The molecule has 0 spiro atoms. The Hall–Kier alpha value is -3.00. The van der Waals surface area contributed by atoms with Crippen molar-refractivity contribution in [3.05, 3.63) is 73.5 Å². The van der Waals surface area contributed by atoms with Crippen molar-refractivity contribution in [2.75, 3.05) is 0 Å². The zero-order valence-electron chi connectivity index (χ0n) is 13.9. The summed E-state index contributed by atoms with van der Waals surface area (Å²) >= 11 is 0. The number of benzene rings is 2. The second-order valence-corrected chi connectivity index (χ2v) is 6.04. The van der Waals surface area contributed by atoms with Crippen molar-refractivity contribution in [3.63, 3.8) is 0 Å². The van der Waals surface area contributed by atoms with Gasteiger partial charge in [0.15, 0.2) is 0 Å². The van der Waals surface area contributed by atoms with Crippen LogP contribution in [0.2, 0.25) is 0 Å². The summed E-state index contributed by atoms with van der Waals surface area (Å²) in [5.41, 5.74) is 5.94. The van der Waals surface area contributed by atoms with Crippen molar-refractivity contribution in [3.8, 4) is 0 Å². The summed E-state index contributed by atoms with van der Waals surface area (Å²) in [6, 6.07) is 13.0. The van der Waals surface area contributed by atoms with Crippen LogP contribution in [0.1, 0.15) is 11.3 Å². The first-order chi connectivity index (χ1) is 11.7. The predicted molar refractivity (Wildman–Crippen MR) is 106 cm³/mol. The number of aromatic nitrogens is 2. The monoisotopic (exact) mass is 312 g/mol. The molecule has 2 aromatic carbocycles. The van der Waals surface area contributed by atoms with E-state index in [4.69, 9.17) is 0 Å². The number of rotatable bonds is 4. The normalized spacial score (nSPS) is 11.4. The number of para-hydroxylation sites is 1. The van der Waals surface area contributed by atoms with E-state index in [0.29, 0.717) is 0 Å². The maximum Gasteiger partial charge on any atom is 0.0742 e. The molecule has 0 amide bonds. The van der Waals surface area contributed by atoms with Gasteiger partial charge in [-0.3, -0.25) is 0 Å². The van der Waals surface area contributed by atoms with Gasteiger partial charge in [-0.2, -0.15) is 0 Å². The summed E-state index contributed by atoms with van der Waals surface area (Å²) in [4.78, 5) is 0. The van der Waals surface area contributed by atoms with E-state index >= 15 is 0 Å². The second kappa shape index (κ2) is 5.27. The molecule has 2 heteroatoms. The van der Waals surface area contributed by atoms with Gasteiger partial charge < -0.3 is 9.13 Å². The van der Waals surface area contributed by atoms with Gasteiger partial charge in [-0.15, -0.1) is 6.58 Å². The van der Waals surface area contributed by atoms with E-state index in [1.807, 2.05) is 18.2 Å². The van der Waals surface area contributed by atoms with Crippen LogP contribution in [0.15, 0.2) is 62.2 Å². The minimum atomic E-state index is 0.779. The molecule has 0 radical (unpaired) electrons. The molecule has 0 fully saturated rings. The van der Waals surface area contributed by atoms with Gasteiger partial charge in [0.2, 0.25) is 0 Å². The van der Waals surface area contributed by atoms with Gasteiger partial charge in [0.25, 0.3) is 0 Å². The van der Waals surface area contributed by atoms with Crippen molar-refractivity contribution < 1.29 is 0 Å². The SMILES string of the molecule is C=CCn1c2ccccc2c2ccc3c(C=C)c(C=C)n(C)c3c21. The van der Waals surface area contributed by atoms with Crippen LogP contribution < -0.4 is 0 Å². The summed E-state index contributed by atoms with van der Waals surface area (Å²) in [6.45, 7) is 12.7. The van der Waals surface area contributed by atoms with Crippen LogP contribution in [-0.2, 0) is 13.6 Å². The van der Waals surface area contributed by atoms with E-state index in [1.165, 1.54) is 32.7 Å². The standard InChI is InChI=1S/C22H20N2/c1-5-14-24-20-11-9-8-10-16(20)18-13-12-17-15(6-2)19(7-3)23(4)21(17)22(18)24/h5-13H,1-3,14H2,4H3. The maximum absolute atomic E-state index is 4.00. The average molecular weight is 312 g/mol. The van der Waals surface area contributed by atoms with E-state index < -0.39 is 0 Å². The number of aryl methyl sites for hydroxylation is 1. The van der Waals surface area contributed by atoms with Crippen LogP contribution in [0.4, 0.5) is 0 Å². The fourth-order valence-electron chi connectivity index (χ4n) is 3.90. The summed E-state index contributed by atoms with van der Waals surface area (Å²) in [5, 5.41) is 3.76. The van der Waals surface area contributed by atoms with Gasteiger partial charge in [-0.1, -0.05) is 55.6 Å². The first-order valence-electron chi connectivity index (χ1n) is 8.11. The number of allylic oxidation sites excluding steroid dienone is 1. The van der Waals surface area contributed by atoms with Gasteiger partial charge in [-0.05, 0) is 12.1 Å². The third-order valence-corrected chi connectivity index (χ3v) is 4.88. The van der Waals surface area contributed by atoms with Crippen molar-refractivity contribution in [1.82, 2.24) is 9.13 Å². The van der Waals surface area contributed by atoms with Crippen molar-refractivity contribution in [2.24, 2.45) is 7.05 Å². The molecule has 4 aromatic rings. The summed E-state index contributed by atoms with van der Waals surface area (Å²) in [7, 11) is 2.10. The van der Waals surface area contributed by atoms with Crippen LogP contribution in [0.25, 0.3) is 44.9 Å². The molecule has 2 aromatic heterocycles. The van der Waals surface area contributed by atoms with E-state index in [9.17, 15) is 0 Å². The lowest BCUT2D eigenvalue weighted by Crippen LogP contribution is -1.97. The Balaban J connectivity index is 2.34. The van der Waals surface area contributed by atoms with Gasteiger partial charge in [0.1, 0.15) is 0 Å². The highest BCUT2D eigenvalue weighted by molar-refractivity contribution is 6.18. The average Bonchev–Trinajstić information content (AvgIpc) is 3.08. The highest BCUT2D eigenvalue weighted by Gasteiger charge is 2.18. The van der Waals surface area contributed by atoms with Crippen LogP contribution in [-0.4, -0.2) is 9.13 Å². The fourth-order valence-corrected chi connectivity index (χ4v) is 3.90. The Morgan fingerprint density at radius 1 is 0.875 bits per heavy atom. The predicted octanol–water partition coefficient (Wildman–Crippen LogP) is 5.76. The van der Waals surface area contributed by atoms with Crippen LogP contribution in [0, 0.1) is 0 Å². The fraction of sp³-hybridized carbons (Fsp3) is 0.0909. The molecule has 0 aliphatic carbocycles. The van der Waals surface area contributed by atoms with E-state index in [-0.39, 0.29) is 0 Å². The minimum Gasteiger partial charge on any atom is -0.342 e. The Kier molecular flexibility index (Phi) is 3.20. The quantitative estimate of drug-likeness (QED) is 0.424. The van der Waals surface area contributed by atoms with Gasteiger partial charge >= 0.3 is 0 Å². The van der Waals surface area contributed by atoms with Crippen molar-refractivity contribution in [2.45, 2.75) is 6.54 Å². The lowest BCUT2D eigenvalue weighted by molar-refractivity contribution is 0.893. The largest absolute Gasteiger partial charge is 0.342 e. The molecule has 0 unspecified atom stereocenters. The minimum absolute atomic E-state index is 0.779. The van der Waals surface area contributed by atoms with Crippen molar-refractivity contribution in [1.29, 1.82) is 0 Å². The molecule has 2 nitrogen and oxygen atoms in total. The zero-order chi connectivity index (χ0) is 16.8. The summed E-state index contributed by atoms with van der Waals surface area (Å²) in [5.74, 6) is 0. The second-order valence-electron chi connectivity index (χ2n) is 6.04. The Labute approximate surface area is 141 Å². The number of hydrogen-bond donors (Lipinski definition) is 0. The van der Waals surface area contributed by atoms with E-state index in [2.05, 4.69) is 72.3 Å². The smallest absolute Gasteiger partial charge is 0.0742 e. The lowest BCUT2D eigenvalue weighted by atomic mass is 10.1. The van der Waals surface area contributed by atoms with Crippen molar-refractivity contribution >= 4 is 44.9 Å². The molecule has 2 heterocycles. The molecule has 0 aliphatic rings. The van der Waals surface area contributed by atoms with E-state index in [1.54, 1.807) is 0 Å².